The summed E-state index contributed by atoms with van der Waals surface area (Å²) in [6.07, 6.45) is 0.724. The summed E-state index contributed by atoms with van der Waals surface area (Å²) in [5.41, 5.74) is 4.71. The molecule has 0 saturated carbocycles. The molecule has 0 amide bonds. The van der Waals surface area contributed by atoms with E-state index in [-0.39, 0.29) is 5.50 Å². The molecule has 0 aromatic carbocycles. The van der Waals surface area contributed by atoms with Gasteiger partial charge in [-0.25, -0.2) is 14.6 Å². The van der Waals surface area contributed by atoms with Crippen LogP contribution in [-0.4, -0.2) is 41.3 Å². The third kappa shape index (κ3) is 9.40. The van der Waals surface area contributed by atoms with Crippen LogP contribution in [0.25, 0.3) is 11.5 Å². The van der Waals surface area contributed by atoms with Gasteiger partial charge in [-0.3, -0.25) is 13.6 Å². The first kappa shape index (κ1) is 29.0. The summed E-state index contributed by atoms with van der Waals surface area (Å²) in [5.74, 6) is -0.845. The van der Waals surface area contributed by atoms with Gasteiger partial charge in [-0.1, -0.05) is 13.8 Å². The molecule has 2 aromatic rings. The third-order valence-corrected chi connectivity index (χ3v) is 6.57. The number of rotatable bonds is 10. The van der Waals surface area contributed by atoms with Gasteiger partial charge in [-0.2, -0.15) is 0 Å². The Morgan fingerprint density at radius 1 is 1.03 bits per heavy atom. The Morgan fingerprint density at radius 3 is 2.00 bits per heavy atom. The van der Waals surface area contributed by atoms with E-state index in [4.69, 9.17) is 28.7 Å². The molecule has 0 spiro atoms. The molecule has 0 atom stereocenters. The summed E-state index contributed by atoms with van der Waals surface area (Å²) in [4.78, 5) is 29.6. The van der Waals surface area contributed by atoms with E-state index in [9.17, 15) is 14.2 Å². The number of carbonyl (C=O) groups is 2. The highest BCUT2D eigenvalue weighted by molar-refractivity contribution is 7.61. The molecule has 2 rings (SSSR count). The monoisotopic (exact) mass is 530 g/mol. The number of nitrogens with two attached hydrogens (primary N) is 1. The molecule has 196 valence electrons. The highest BCUT2D eigenvalue weighted by Gasteiger charge is 2.36. The fraction of sp³-hybridized carbons (Fsp3) is 0.609. The van der Waals surface area contributed by atoms with Gasteiger partial charge < -0.3 is 19.6 Å². The van der Waals surface area contributed by atoms with Gasteiger partial charge in [-0.15, -0.1) is 11.3 Å². The quantitative estimate of drug-likeness (QED) is 0.339. The van der Waals surface area contributed by atoms with Crippen LogP contribution >= 0.6 is 18.9 Å². The van der Waals surface area contributed by atoms with E-state index in [2.05, 4.69) is 18.8 Å². The Balaban J connectivity index is 2.31. The van der Waals surface area contributed by atoms with Crippen LogP contribution in [0.4, 0.5) is 5.13 Å². The number of nitrogens with zero attached hydrogens (tertiary/aromatic N) is 1. The van der Waals surface area contributed by atoms with Gasteiger partial charge in [-0.05, 0) is 66.0 Å². The molecule has 0 aliphatic carbocycles. The van der Waals surface area contributed by atoms with Crippen molar-refractivity contribution in [2.45, 2.75) is 73.0 Å². The van der Waals surface area contributed by atoms with Crippen LogP contribution in [0.2, 0.25) is 0 Å². The molecule has 0 fully saturated rings. The van der Waals surface area contributed by atoms with Crippen molar-refractivity contribution in [1.29, 1.82) is 0 Å². The number of thiazole rings is 1. The summed E-state index contributed by atoms with van der Waals surface area (Å²) in [7, 11) is -4.27. The average molecular weight is 531 g/mol. The third-order valence-electron chi connectivity index (χ3n) is 3.95. The average Bonchev–Trinajstić information content (AvgIpc) is 3.28. The number of carbonyl (C=O) groups excluding carboxylic acids is 2. The highest BCUT2D eigenvalue weighted by Crippen LogP contribution is 2.48. The normalized spacial score (nSPS) is 12.7. The maximum Gasteiger partial charge on any atom is 0.397 e. The zero-order chi connectivity index (χ0) is 26.6. The fourth-order valence-electron chi connectivity index (χ4n) is 2.86. The number of anilines is 1. The van der Waals surface area contributed by atoms with Crippen molar-refractivity contribution in [3.05, 3.63) is 17.0 Å². The van der Waals surface area contributed by atoms with Crippen LogP contribution in [0.15, 0.2) is 16.5 Å². The molecule has 0 bridgehead atoms. The lowest BCUT2D eigenvalue weighted by molar-refractivity contribution is -0.157. The van der Waals surface area contributed by atoms with Crippen LogP contribution in [0.1, 0.15) is 60.3 Å². The van der Waals surface area contributed by atoms with E-state index in [1.165, 1.54) is 17.4 Å². The van der Waals surface area contributed by atoms with E-state index in [0.717, 1.165) is 11.3 Å². The molecular weight excluding hydrogens is 495 g/mol. The van der Waals surface area contributed by atoms with Gasteiger partial charge in [0.05, 0.1) is 0 Å². The van der Waals surface area contributed by atoms with E-state index in [1.54, 1.807) is 47.6 Å². The number of nitrogen functional groups attached to an aromatic ring is 1. The lowest BCUT2D eigenvalue weighted by Crippen LogP contribution is -2.28. The zero-order valence-corrected chi connectivity index (χ0v) is 23.2. The first-order valence-corrected chi connectivity index (χ1v) is 13.5. The number of esters is 2. The van der Waals surface area contributed by atoms with Crippen molar-refractivity contribution in [3.8, 4) is 11.5 Å². The van der Waals surface area contributed by atoms with Gasteiger partial charge in [0, 0.05) is 4.88 Å². The Labute approximate surface area is 210 Å². The van der Waals surface area contributed by atoms with Crippen LogP contribution in [0, 0.1) is 5.92 Å². The van der Waals surface area contributed by atoms with E-state index in [0.29, 0.717) is 22.5 Å². The minimum atomic E-state index is -4.27. The fourth-order valence-corrected chi connectivity index (χ4v) is 5.25. The Bertz CT molecular complexity index is 1040. The molecule has 2 N–H and O–H groups in total. The molecule has 12 heteroatoms. The van der Waals surface area contributed by atoms with Gasteiger partial charge in [0.15, 0.2) is 24.1 Å². The lowest BCUT2D eigenvalue weighted by Gasteiger charge is -2.22. The number of hydrogen-bond donors (Lipinski definition) is 1. The van der Waals surface area contributed by atoms with Crippen LogP contribution in [0.3, 0.4) is 0 Å². The maximum absolute atomic E-state index is 13.7. The van der Waals surface area contributed by atoms with Gasteiger partial charge >= 0.3 is 19.5 Å². The zero-order valence-electron chi connectivity index (χ0n) is 21.5. The van der Waals surface area contributed by atoms with Crippen LogP contribution in [0.5, 0.6) is 0 Å². The van der Waals surface area contributed by atoms with Gasteiger partial charge in [0.2, 0.25) is 5.50 Å². The molecular formula is C23H35N2O8PS. The Hall–Kier alpha value is -2.20. The van der Waals surface area contributed by atoms with Gasteiger partial charge in [0.25, 0.3) is 0 Å². The van der Waals surface area contributed by atoms with Crippen molar-refractivity contribution in [3.63, 3.8) is 0 Å². The van der Waals surface area contributed by atoms with Crippen molar-refractivity contribution in [2.75, 3.05) is 18.9 Å². The smallest absolute Gasteiger partial charge is 0.397 e. The molecule has 0 aliphatic heterocycles. The SMILES string of the molecule is CC(C)Cc1sc(N)nc1-c1ccc(P(=O)(OCC(=O)OC(C)(C)C)OCC(=O)OC(C)(C)C)o1. The first-order valence-electron chi connectivity index (χ1n) is 11.2. The second kappa shape index (κ2) is 11.2. The van der Waals surface area contributed by atoms with Crippen molar-refractivity contribution in [2.24, 2.45) is 5.92 Å². The lowest BCUT2D eigenvalue weighted by atomic mass is 10.1. The minimum Gasteiger partial charge on any atom is -0.458 e. The van der Waals surface area contributed by atoms with Gasteiger partial charge in [0.1, 0.15) is 16.9 Å². The van der Waals surface area contributed by atoms with Crippen molar-refractivity contribution < 1.29 is 37.1 Å². The van der Waals surface area contributed by atoms with Crippen LogP contribution in [-0.2, 0) is 39.1 Å². The van der Waals surface area contributed by atoms with E-state index >= 15 is 0 Å². The molecule has 2 heterocycles. The summed E-state index contributed by atoms with van der Waals surface area (Å²) < 4.78 is 40.6. The second-order valence-corrected chi connectivity index (χ2v) is 13.3. The van der Waals surface area contributed by atoms with Crippen molar-refractivity contribution >= 4 is 41.5 Å². The number of aromatic nitrogens is 1. The molecule has 2 aromatic heterocycles. The number of hydrogen-bond acceptors (Lipinski definition) is 11. The first-order chi connectivity index (χ1) is 16.0. The van der Waals surface area contributed by atoms with Crippen LogP contribution < -0.4 is 11.2 Å². The molecule has 35 heavy (non-hydrogen) atoms. The molecule has 10 nitrogen and oxygen atoms in total. The standard InChI is InChI=1S/C23H35N2O8PS/c1-14(2)11-16-20(25-21(24)35-16)15-9-10-19(31-15)34(28,29-12-17(26)32-22(3,4)5)30-13-18(27)33-23(6,7)8/h9-10,14H,11-13H2,1-8H3,(H2,24,25). The summed E-state index contributed by atoms with van der Waals surface area (Å²) in [6, 6.07) is 2.96. The molecule has 0 unspecified atom stereocenters. The van der Waals surface area contributed by atoms with E-state index in [1.807, 2.05) is 0 Å². The second-order valence-electron chi connectivity index (χ2n) is 10.3. The number of ether oxygens (including phenoxy) is 2. The highest BCUT2D eigenvalue weighted by atomic mass is 32.1. The summed E-state index contributed by atoms with van der Waals surface area (Å²) in [6.45, 7) is 12.9. The Kier molecular flexibility index (Phi) is 9.33. The Morgan fingerprint density at radius 2 is 1.54 bits per heavy atom. The van der Waals surface area contributed by atoms with E-state index < -0.39 is 44.0 Å². The minimum absolute atomic E-state index is 0.193. The molecule has 0 saturated heterocycles. The molecule has 0 radical (unpaired) electrons. The summed E-state index contributed by atoms with van der Waals surface area (Å²) in [5, 5.41) is 0.374. The predicted molar refractivity (Wildman–Crippen MR) is 134 cm³/mol. The topological polar surface area (TPSA) is 140 Å². The number of furan rings is 1. The maximum atomic E-state index is 13.7. The largest absolute Gasteiger partial charge is 0.458 e. The predicted octanol–water partition coefficient (Wildman–Crippen LogP) is 4.72. The summed E-state index contributed by atoms with van der Waals surface area (Å²) >= 11 is 1.35. The molecule has 0 aliphatic rings. The van der Waals surface area contributed by atoms with Crippen molar-refractivity contribution in [1.82, 2.24) is 4.98 Å².